The molecule has 0 bridgehead atoms. The minimum Gasteiger partial charge on any atom is -0.508 e. The lowest BCUT2D eigenvalue weighted by Gasteiger charge is -2.18. The summed E-state index contributed by atoms with van der Waals surface area (Å²) in [6.45, 7) is 0. The van der Waals surface area contributed by atoms with Gasteiger partial charge in [-0.05, 0) is 65.8 Å². The fourth-order valence-corrected chi connectivity index (χ4v) is 3.56. The molecule has 3 aromatic carbocycles. The third-order valence-corrected chi connectivity index (χ3v) is 4.91. The minimum absolute atomic E-state index is 0.161. The number of nitrogens with zero attached hydrogens (tertiary/aromatic N) is 1. The van der Waals surface area contributed by atoms with Crippen molar-refractivity contribution in [3.63, 3.8) is 0 Å². The number of benzene rings is 3. The van der Waals surface area contributed by atoms with Crippen molar-refractivity contribution in [1.29, 1.82) is 0 Å². The largest absolute Gasteiger partial charge is 0.508 e. The molecule has 0 saturated carbocycles. The van der Waals surface area contributed by atoms with E-state index in [-0.39, 0.29) is 17.5 Å². The van der Waals surface area contributed by atoms with Crippen molar-refractivity contribution in [2.45, 2.75) is 18.8 Å². The van der Waals surface area contributed by atoms with Gasteiger partial charge in [0.05, 0.1) is 0 Å². The van der Waals surface area contributed by atoms with Crippen LogP contribution in [0, 0.1) is 5.82 Å². The second kappa shape index (κ2) is 8.09. The van der Waals surface area contributed by atoms with E-state index in [1.807, 2.05) is 42.6 Å². The van der Waals surface area contributed by atoms with Crippen LogP contribution in [0.2, 0.25) is 0 Å². The van der Waals surface area contributed by atoms with E-state index in [0.29, 0.717) is 0 Å². The van der Waals surface area contributed by atoms with Crippen molar-refractivity contribution < 1.29 is 9.50 Å². The van der Waals surface area contributed by atoms with E-state index in [2.05, 4.69) is 22.1 Å². The molecule has 140 valence electrons. The van der Waals surface area contributed by atoms with Crippen LogP contribution >= 0.6 is 0 Å². The lowest BCUT2D eigenvalue weighted by Crippen LogP contribution is -2.07. The molecule has 1 unspecified atom stereocenters. The molecule has 4 aromatic rings. The van der Waals surface area contributed by atoms with E-state index < -0.39 is 0 Å². The van der Waals surface area contributed by atoms with Crippen molar-refractivity contribution in [1.82, 2.24) is 9.97 Å². The molecule has 0 saturated heterocycles. The molecule has 3 nitrogen and oxygen atoms in total. The van der Waals surface area contributed by atoms with E-state index in [4.69, 9.17) is 0 Å². The highest BCUT2D eigenvalue weighted by molar-refractivity contribution is 5.56. The molecular formula is C24H21FN2O. The number of H-pyrrole nitrogens is 1. The van der Waals surface area contributed by atoms with Gasteiger partial charge >= 0.3 is 0 Å². The topological polar surface area (TPSA) is 48.9 Å². The van der Waals surface area contributed by atoms with E-state index in [0.717, 1.165) is 35.4 Å². The maximum atomic E-state index is 13.4. The summed E-state index contributed by atoms with van der Waals surface area (Å²) >= 11 is 0. The molecular weight excluding hydrogens is 351 g/mol. The summed E-state index contributed by atoms with van der Waals surface area (Å²) in [4.78, 5) is 7.46. The second-order valence-corrected chi connectivity index (χ2v) is 6.96. The lowest BCUT2D eigenvalue weighted by atomic mass is 9.86. The van der Waals surface area contributed by atoms with Crippen molar-refractivity contribution in [2.75, 3.05) is 0 Å². The monoisotopic (exact) mass is 372 g/mol. The first-order chi connectivity index (χ1) is 13.7. The number of aromatic hydroxyl groups is 1. The molecule has 0 fully saturated rings. The highest BCUT2D eigenvalue weighted by Gasteiger charge is 2.15. The van der Waals surface area contributed by atoms with Gasteiger partial charge in [0.2, 0.25) is 0 Å². The molecule has 4 rings (SSSR count). The summed E-state index contributed by atoms with van der Waals surface area (Å²) in [6.07, 6.45) is 5.11. The van der Waals surface area contributed by atoms with Crippen LogP contribution in [0.5, 0.6) is 5.75 Å². The molecule has 2 N–H and O–H groups in total. The SMILES string of the molecule is Oc1cccc(CC(Cc2cccc(-c3ncc[nH]3)c2)c2ccc(F)cc2)c1. The molecule has 0 radical (unpaired) electrons. The average Bonchev–Trinajstić information content (AvgIpc) is 3.23. The summed E-state index contributed by atoms with van der Waals surface area (Å²) in [5, 5.41) is 9.80. The number of halogens is 1. The van der Waals surface area contributed by atoms with Gasteiger partial charge < -0.3 is 10.1 Å². The van der Waals surface area contributed by atoms with Crippen LogP contribution in [0.4, 0.5) is 4.39 Å². The van der Waals surface area contributed by atoms with Gasteiger partial charge in [-0.1, -0.05) is 42.5 Å². The van der Waals surface area contributed by atoms with Crippen LogP contribution in [0.15, 0.2) is 85.2 Å². The van der Waals surface area contributed by atoms with Crippen LogP contribution in [0.3, 0.4) is 0 Å². The van der Waals surface area contributed by atoms with E-state index in [1.165, 1.54) is 17.7 Å². The van der Waals surface area contributed by atoms with Crippen LogP contribution in [-0.2, 0) is 12.8 Å². The molecule has 1 heterocycles. The van der Waals surface area contributed by atoms with Gasteiger partial charge in [-0.3, -0.25) is 0 Å². The van der Waals surface area contributed by atoms with Crippen LogP contribution in [0.25, 0.3) is 11.4 Å². The number of hydrogen-bond donors (Lipinski definition) is 2. The fourth-order valence-electron chi connectivity index (χ4n) is 3.56. The number of imidazole rings is 1. The smallest absolute Gasteiger partial charge is 0.137 e. The van der Waals surface area contributed by atoms with Crippen molar-refractivity contribution in [2.24, 2.45) is 0 Å². The zero-order chi connectivity index (χ0) is 19.3. The molecule has 0 aliphatic carbocycles. The summed E-state index contributed by atoms with van der Waals surface area (Å²) in [6, 6.07) is 22.3. The normalized spacial score (nSPS) is 12.0. The molecule has 0 aliphatic heterocycles. The number of phenols is 1. The first-order valence-corrected chi connectivity index (χ1v) is 9.29. The summed E-state index contributed by atoms with van der Waals surface area (Å²) in [5.41, 5.74) is 4.35. The predicted octanol–water partition coefficient (Wildman–Crippen LogP) is 5.49. The molecule has 0 amide bonds. The summed E-state index contributed by atoms with van der Waals surface area (Å²) < 4.78 is 13.4. The van der Waals surface area contributed by atoms with Gasteiger partial charge in [-0.2, -0.15) is 0 Å². The number of hydrogen-bond acceptors (Lipinski definition) is 2. The van der Waals surface area contributed by atoms with Gasteiger partial charge in [-0.25, -0.2) is 9.37 Å². The number of nitrogens with one attached hydrogen (secondary N) is 1. The minimum atomic E-state index is -0.236. The van der Waals surface area contributed by atoms with Crippen LogP contribution < -0.4 is 0 Å². The second-order valence-electron chi connectivity index (χ2n) is 6.96. The molecule has 1 atom stereocenters. The Morgan fingerprint density at radius 3 is 2.29 bits per heavy atom. The Labute approximate surface area is 163 Å². The predicted molar refractivity (Wildman–Crippen MR) is 109 cm³/mol. The van der Waals surface area contributed by atoms with E-state index in [9.17, 15) is 9.50 Å². The summed E-state index contributed by atoms with van der Waals surface area (Å²) in [7, 11) is 0. The van der Waals surface area contributed by atoms with Gasteiger partial charge in [-0.15, -0.1) is 0 Å². The number of aromatic nitrogens is 2. The van der Waals surface area contributed by atoms with Crippen molar-refractivity contribution in [3.8, 4) is 17.1 Å². The first-order valence-electron chi connectivity index (χ1n) is 9.29. The number of phenolic OH excluding ortho intramolecular Hbond substituents is 1. The highest BCUT2D eigenvalue weighted by atomic mass is 19.1. The Morgan fingerprint density at radius 2 is 1.61 bits per heavy atom. The zero-order valence-corrected chi connectivity index (χ0v) is 15.3. The Bertz CT molecular complexity index is 1040. The highest BCUT2D eigenvalue weighted by Crippen LogP contribution is 2.28. The van der Waals surface area contributed by atoms with Gasteiger partial charge in [0.25, 0.3) is 0 Å². The number of aromatic amines is 1. The molecule has 4 heteroatoms. The van der Waals surface area contributed by atoms with Crippen molar-refractivity contribution >= 4 is 0 Å². The maximum absolute atomic E-state index is 13.4. The maximum Gasteiger partial charge on any atom is 0.137 e. The Balaban J connectivity index is 1.63. The van der Waals surface area contributed by atoms with E-state index in [1.54, 1.807) is 18.3 Å². The zero-order valence-electron chi connectivity index (χ0n) is 15.3. The van der Waals surface area contributed by atoms with Crippen molar-refractivity contribution in [3.05, 3.63) is 108 Å². The molecule has 1 aromatic heterocycles. The van der Waals surface area contributed by atoms with Gasteiger partial charge in [0, 0.05) is 18.0 Å². The Kier molecular flexibility index (Phi) is 5.20. The standard InChI is InChI=1S/C24H21FN2O/c25-22-9-7-19(8-10-22)21(15-18-4-2-6-23(28)16-18)14-17-3-1-5-20(13-17)24-26-11-12-27-24/h1-13,16,21,28H,14-15H2,(H,26,27). The van der Waals surface area contributed by atoms with Gasteiger partial charge in [0.15, 0.2) is 0 Å². The Morgan fingerprint density at radius 1 is 0.893 bits per heavy atom. The third kappa shape index (κ3) is 4.29. The molecule has 0 aliphatic rings. The lowest BCUT2D eigenvalue weighted by molar-refractivity contribution is 0.474. The average molecular weight is 372 g/mol. The number of rotatable bonds is 6. The van der Waals surface area contributed by atoms with Gasteiger partial charge in [0.1, 0.15) is 17.4 Å². The fraction of sp³-hybridized carbons (Fsp3) is 0.125. The molecule has 0 spiro atoms. The van der Waals surface area contributed by atoms with Crippen LogP contribution in [0.1, 0.15) is 22.6 Å². The molecule has 28 heavy (non-hydrogen) atoms. The first kappa shape index (κ1) is 18.0. The quantitative estimate of drug-likeness (QED) is 0.470. The third-order valence-electron chi connectivity index (χ3n) is 4.91. The van der Waals surface area contributed by atoms with E-state index >= 15 is 0 Å². The summed E-state index contributed by atoms with van der Waals surface area (Å²) in [5.74, 6) is 1.03. The van der Waals surface area contributed by atoms with Crippen LogP contribution in [-0.4, -0.2) is 15.1 Å². The Hall–Kier alpha value is -3.40.